The van der Waals surface area contributed by atoms with Gasteiger partial charge in [0.15, 0.2) is 0 Å². The van der Waals surface area contributed by atoms with Crippen LogP contribution in [0, 0.1) is 5.82 Å². The van der Waals surface area contributed by atoms with E-state index in [9.17, 15) is 9.18 Å². The number of carbonyl (C=O) groups excluding carboxylic acids is 1. The van der Waals surface area contributed by atoms with Gasteiger partial charge in [0.05, 0.1) is 11.3 Å². The lowest BCUT2D eigenvalue weighted by atomic mass is 10.1. The first-order valence-corrected chi connectivity index (χ1v) is 7.15. The maximum Gasteiger partial charge on any atom is 0.256 e. The Morgan fingerprint density at radius 2 is 2.00 bits per heavy atom. The molecule has 1 aliphatic heterocycles. The summed E-state index contributed by atoms with van der Waals surface area (Å²) >= 11 is 0. The van der Waals surface area contributed by atoms with Crippen molar-refractivity contribution < 1.29 is 9.18 Å². The summed E-state index contributed by atoms with van der Waals surface area (Å²) in [6.07, 6.45) is 1.13. The lowest BCUT2D eigenvalue weighted by Crippen LogP contribution is -2.48. The number of rotatable bonds is 4. The van der Waals surface area contributed by atoms with Crippen LogP contribution in [0.5, 0.6) is 0 Å². The fourth-order valence-corrected chi connectivity index (χ4v) is 2.62. The molecule has 0 atom stereocenters. The van der Waals surface area contributed by atoms with Crippen LogP contribution in [0.15, 0.2) is 18.2 Å². The third-order valence-corrected chi connectivity index (χ3v) is 3.69. The summed E-state index contributed by atoms with van der Waals surface area (Å²) in [6, 6.07) is 4.62. The lowest BCUT2D eigenvalue weighted by Gasteiger charge is -2.34. The molecule has 1 aliphatic rings. The highest BCUT2D eigenvalue weighted by Crippen LogP contribution is 2.21. The van der Waals surface area contributed by atoms with E-state index in [0.29, 0.717) is 18.7 Å². The fraction of sp³-hybridized carbons (Fsp3) is 0.533. The predicted molar refractivity (Wildman–Crippen MR) is 78.6 cm³/mol. The minimum atomic E-state index is -0.386. The molecular weight excluding hydrogens is 257 g/mol. The molecule has 1 amide bonds. The van der Waals surface area contributed by atoms with Crippen molar-refractivity contribution in [3.63, 3.8) is 0 Å². The highest BCUT2D eigenvalue weighted by Gasteiger charge is 2.24. The summed E-state index contributed by atoms with van der Waals surface area (Å²) in [6.45, 7) is 6.43. The zero-order valence-electron chi connectivity index (χ0n) is 12.2. The van der Waals surface area contributed by atoms with Crippen LogP contribution in [0.1, 0.15) is 23.7 Å². The van der Waals surface area contributed by atoms with Gasteiger partial charge in [-0.15, -0.1) is 0 Å². The van der Waals surface area contributed by atoms with E-state index in [1.807, 2.05) is 4.90 Å². The number of nitrogens with zero attached hydrogens (tertiary/aromatic N) is 2. The average molecular weight is 279 g/mol. The SMILES string of the molecule is CCCN1CCN(C(=O)c2cccc(F)c2NC)CC1. The van der Waals surface area contributed by atoms with Gasteiger partial charge >= 0.3 is 0 Å². The Labute approximate surface area is 119 Å². The molecule has 5 heteroatoms. The van der Waals surface area contributed by atoms with Crippen LogP contribution in [-0.2, 0) is 0 Å². The number of benzene rings is 1. The summed E-state index contributed by atoms with van der Waals surface area (Å²) in [5.74, 6) is -0.479. The number of amides is 1. The summed E-state index contributed by atoms with van der Waals surface area (Å²) in [4.78, 5) is 16.7. The maximum absolute atomic E-state index is 13.7. The predicted octanol–water partition coefficient (Wildman–Crippen LogP) is 2.04. The van der Waals surface area contributed by atoms with Crippen molar-refractivity contribution in [3.8, 4) is 0 Å². The van der Waals surface area contributed by atoms with Crippen molar-refractivity contribution in [3.05, 3.63) is 29.6 Å². The molecule has 0 unspecified atom stereocenters. The quantitative estimate of drug-likeness (QED) is 0.916. The van der Waals surface area contributed by atoms with Crippen LogP contribution >= 0.6 is 0 Å². The minimum Gasteiger partial charge on any atom is -0.385 e. The zero-order valence-corrected chi connectivity index (χ0v) is 12.2. The molecule has 4 nitrogen and oxygen atoms in total. The van der Waals surface area contributed by atoms with E-state index in [2.05, 4.69) is 17.1 Å². The first-order chi connectivity index (χ1) is 9.67. The topological polar surface area (TPSA) is 35.6 Å². The van der Waals surface area contributed by atoms with Crippen molar-refractivity contribution in [1.82, 2.24) is 9.80 Å². The molecule has 1 saturated heterocycles. The summed E-state index contributed by atoms with van der Waals surface area (Å²) < 4.78 is 13.7. The maximum atomic E-state index is 13.7. The van der Waals surface area contributed by atoms with Crippen LogP contribution in [-0.4, -0.2) is 55.5 Å². The Morgan fingerprint density at radius 3 is 2.60 bits per heavy atom. The largest absolute Gasteiger partial charge is 0.385 e. The third-order valence-electron chi connectivity index (χ3n) is 3.69. The van der Waals surface area contributed by atoms with Gasteiger partial charge in [-0.1, -0.05) is 13.0 Å². The first-order valence-electron chi connectivity index (χ1n) is 7.15. The van der Waals surface area contributed by atoms with E-state index in [4.69, 9.17) is 0 Å². The average Bonchev–Trinajstić information content (AvgIpc) is 2.47. The molecule has 0 bridgehead atoms. The number of carbonyl (C=O) groups is 1. The zero-order chi connectivity index (χ0) is 14.5. The first kappa shape index (κ1) is 14.8. The number of nitrogens with one attached hydrogen (secondary N) is 1. The van der Waals surface area contributed by atoms with Gasteiger partial charge in [-0.3, -0.25) is 9.69 Å². The van der Waals surface area contributed by atoms with Crippen LogP contribution < -0.4 is 5.32 Å². The number of piperazine rings is 1. The molecule has 0 radical (unpaired) electrons. The number of halogens is 1. The van der Waals surface area contributed by atoms with E-state index >= 15 is 0 Å². The van der Waals surface area contributed by atoms with E-state index in [1.54, 1.807) is 19.2 Å². The van der Waals surface area contributed by atoms with E-state index in [0.717, 1.165) is 26.1 Å². The van der Waals surface area contributed by atoms with Crippen molar-refractivity contribution in [2.24, 2.45) is 0 Å². The van der Waals surface area contributed by atoms with E-state index < -0.39 is 0 Å². The van der Waals surface area contributed by atoms with Crippen LogP contribution in [0.3, 0.4) is 0 Å². The Morgan fingerprint density at radius 1 is 1.30 bits per heavy atom. The summed E-state index contributed by atoms with van der Waals surface area (Å²) in [7, 11) is 1.63. The number of para-hydroxylation sites is 1. The van der Waals surface area contributed by atoms with Gasteiger partial charge in [0, 0.05) is 33.2 Å². The molecule has 0 spiro atoms. The second-order valence-electron chi connectivity index (χ2n) is 5.05. The van der Waals surface area contributed by atoms with Crippen molar-refractivity contribution >= 4 is 11.6 Å². The molecule has 1 heterocycles. The lowest BCUT2D eigenvalue weighted by molar-refractivity contribution is 0.0638. The van der Waals surface area contributed by atoms with Crippen LogP contribution in [0.25, 0.3) is 0 Å². The van der Waals surface area contributed by atoms with E-state index in [-0.39, 0.29) is 17.4 Å². The van der Waals surface area contributed by atoms with Crippen molar-refractivity contribution in [2.75, 3.05) is 45.1 Å². The summed E-state index contributed by atoms with van der Waals surface area (Å²) in [5.41, 5.74) is 0.699. The molecule has 1 aromatic carbocycles. The minimum absolute atomic E-state index is 0.0926. The highest BCUT2D eigenvalue weighted by molar-refractivity contribution is 5.99. The molecule has 110 valence electrons. The Balaban J connectivity index is 2.08. The van der Waals surface area contributed by atoms with Gasteiger partial charge in [-0.05, 0) is 25.1 Å². The van der Waals surface area contributed by atoms with Gasteiger partial charge in [-0.2, -0.15) is 0 Å². The van der Waals surface area contributed by atoms with Crippen molar-refractivity contribution in [2.45, 2.75) is 13.3 Å². The highest BCUT2D eigenvalue weighted by atomic mass is 19.1. The molecule has 2 rings (SSSR count). The fourth-order valence-electron chi connectivity index (χ4n) is 2.62. The molecule has 20 heavy (non-hydrogen) atoms. The molecule has 1 aromatic rings. The molecule has 1 fully saturated rings. The van der Waals surface area contributed by atoms with Crippen LogP contribution in [0.2, 0.25) is 0 Å². The molecule has 1 N–H and O–H groups in total. The molecular formula is C15H22FN3O. The standard InChI is InChI=1S/C15H22FN3O/c1-3-7-18-8-10-19(11-9-18)15(20)12-5-4-6-13(16)14(12)17-2/h4-6,17H,3,7-11H2,1-2H3. The smallest absolute Gasteiger partial charge is 0.256 e. The van der Waals surface area contributed by atoms with Crippen molar-refractivity contribution in [1.29, 1.82) is 0 Å². The molecule has 0 aliphatic carbocycles. The van der Waals surface area contributed by atoms with Gasteiger partial charge in [0.2, 0.25) is 0 Å². The van der Waals surface area contributed by atoms with Crippen LogP contribution in [0.4, 0.5) is 10.1 Å². The van der Waals surface area contributed by atoms with E-state index in [1.165, 1.54) is 6.07 Å². The van der Waals surface area contributed by atoms with Gasteiger partial charge in [-0.25, -0.2) is 4.39 Å². The number of hydrogen-bond donors (Lipinski definition) is 1. The second kappa shape index (κ2) is 6.70. The molecule has 0 saturated carbocycles. The molecule has 0 aromatic heterocycles. The Kier molecular flexibility index (Phi) is 4.95. The van der Waals surface area contributed by atoms with Gasteiger partial charge < -0.3 is 10.2 Å². The third kappa shape index (κ3) is 3.10. The Bertz CT molecular complexity index is 470. The normalized spacial score (nSPS) is 16.2. The van der Waals surface area contributed by atoms with Gasteiger partial charge in [0.1, 0.15) is 5.82 Å². The Hall–Kier alpha value is -1.62. The van der Waals surface area contributed by atoms with Gasteiger partial charge in [0.25, 0.3) is 5.91 Å². The number of hydrogen-bond acceptors (Lipinski definition) is 3. The monoisotopic (exact) mass is 279 g/mol. The number of anilines is 1. The summed E-state index contributed by atoms with van der Waals surface area (Å²) in [5, 5.41) is 2.78. The second-order valence-corrected chi connectivity index (χ2v) is 5.05.